The van der Waals surface area contributed by atoms with Gasteiger partial charge in [0, 0.05) is 12.1 Å². The van der Waals surface area contributed by atoms with Crippen molar-refractivity contribution in [3.8, 4) is 0 Å². The van der Waals surface area contributed by atoms with Gasteiger partial charge in [-0.1, -0.05) is 30.3 Å². The molecule has 1 aromatic rings. The molecule has 21 heavy (non-hydrogen) atoms. The second-order valence-electron chi connectivity index (χ2n) is 5.47. The van der Waals surface area contributed by atoms with Crippen molar-refractivity contribution >= 4 is 18.3 Å². The number of hydrogen-bond acceptors (Lipinski definition) is 3. The quantitative estimate of drug-likeness (QED) is 0.790. The molecular formula is C16H25ClN2O2. The summed E-state index contributed by atoms with van der Waals surface area (Å²) in [5.41, 5.74) is 7.07. The number of hydrogen-bond donors (Lipinski definition) is 2. The van der Waals surface area contributed by atoms with Crippen LogP contribution in [-0.4, -0.2) is 31.2 Å². The first-order valence-electron chi connectivity index (χ1n) is 7.40. The van der Waals surface area contributed by atoms with Crippen molar-refractivity contribution in [2.45, 2.75) is 44.2 Å². The molecule has 1 amide bonds. The van der Waals surface area contributed by atoms with E-state index in [1.165, 1.54) is 5.56 Å². The molecule has 0 heterocycles. The third-order valence-electron chi connectivity index (χ3n) is 3.75. The fourth-order valence-electron chi connectivity index (χ4n) is 2.53. The molecule has 5 heteroatoms. The summed E-state index contributed by atoms with van der Waals surface area (Å²) in [4.78, 5) is 11.7. The number of carbonyl (C=O) groups is 1. The minimum atomic E-state index is -0.0152. The summed E-state index contributed by atoms with van der Waals surface area (Å²) >= 11 is 0. The second kappa shape index (κ2) is 9.77. The summed E-state index contributed by atoms with van der Waals surface area (Å²) in [5.74, 6) is -0.0152. The first-order chi connectivity index (χ1) is 9.74. The summed E-state index contributed by atoms with van der Waals surface area (Å²) in [6.07, 6.45) is 4.81. The molecule has 1 fully saturated rings. The molecule has 0 aliphatic heterocycles. The molecule has 118 valence electrons. The topological polar surface area (TPSA) is 64.3 Å². The second-order valence-corrected chi connectivity index (χ2v) is 5.47. The molecule has 1 aliphatic rings. The van der Waals surface area contributed by atoms with Crippen molar-refractivity contribution in [2.24, 2.45) is 5.73 Å². The Balaban J connectivity index is 0.00000220. The number of ether oxygens (including phenoxy) is 1. The molecule has 0 spiro atoms. The van der Waals surface area contributed by atoms with E-state index in [4.69, 9.17) is 10.5 Å². The highest BCUT2D eigenvalue weighted by Gasteiger charge is 2.19. The van der Waals surface area contributed by atoms with Gasteiger partial charge in [0.05, 0.1) is 6.61 Å². The summed E-state index contributed by atoms with van der Waals surface area (Å²) < 4.78 is 5.43. The monoisotopic (exact) mass is 312 g/mol. The van der Waals surface area contributed by atoms with Gasteiger partial charge in [-0.15, -0.1) is 12.4 Å². The van der Waals surface area contributed by atoms with Crippen LogP contribution in [0.3, 0.4) is 0 Å². The van der Waals surface area contributed by atoms with Gasteiger partial charge in [0.2, 0.25) is 5.91 Å². The maximum Gasteiger partial charge on any atom is 0.246 e. The maximum atomic E-state index is 11.7. The first kappa shape index (κ1) is 18.0. The van der Waals surface area contributed by atoms with E-state index in [1.54, 1.807) is 0 Å². The van der Waals surface area contributed by atoms with Crippen LogP contribution in [0.1, 0.15) is 31.2 Å². The number of halogens is 1. The predicted octanol–water partition coefficient (Wildman–Crippen LogP) is 2.05. The molecule has 3 N–H and O–H groups in total. The van der Waals surface area contributed by atoms with E-state index in [2.05, 4.69) is 17.4 Å². The fraction of sp³-hybridized carbons (Fsp3) is 0.562. The van der Waals surface area contributed by atoms with Crippen molar-refractivity contribution in [2.75, 3.05) is 13.2 Å². The van der Waals surface area contributed by atoms with Gasteiger partial charge in [0.15, 0.2) is 0 Å². The van der Waals surface area contributed by atoms with Gasteiger partial charge >= 0.3 is 0 Å². The number of nitrogens with one attached hydrogen (secondary N) is 1. The standard InChI is InChI=1S/C16H24N2O2.ClH/c17-14-6-8-15(9-7-14)18-16(19)12-20-11-10-13-4-2-1-3-5-13;/h1-5,14-15H,6-12,17H2,(H,18,19);1H. The van der Waals surface area contributed by atoms with Crippen molar-refractivity contribution < 1.29 is 9.53 Å². The molecule has 1 aromatic carbocycles. The van der Waals surface area contributed by atoms with Crippen molar-refractivity contribution in [3.63, 3.8) is 0 Å². The largest absolute Gasteiger partial charge is 0.371 e. The van der Waals surface area contributed by atoms with Gasteiger partial charge < -0.3 is 15.8 Å². The van der Waals surface area contributed by atoms with E-state index in [0.29, 0.717) is 12.6 Å². The van der Waals surface area contributed by atoms with Gasteiger partial charge in [-0.05, 0) is 37.7 Å². The number of amides is 1. The maximum absolute atomic E-state index is 11.7. The summed E-state index contributed by atoms with van der Waals surface area (Å²) in [5, 5.41) is 3.02. The Labute approximate surface area is 132 Å². The lowest BCUT2D eigenvalue weighted by molar-refractivity contribution is -0.126. The van der Waals surface area contributed by atoms with Crippen LogP contribution in [0.5, 0.6) is 0 Å². The molecule has 4 nitrogen and oxygen atoms in total. The number of nitrogens with two attached hydrogens (primary N) is 1. The summed E-state index contributed by atoms with van der Waals surface area (Å²) in [7, 11) is 0. The zero-order valence-electron chi connectivity index (χ0n) is 12.3. The smallest absolute Gasteiger partial charge is 0.246 e. The molecule has 0 radical (unpaired) electrons. The van der Waals surface area contributed by atoms with Crippen LogP contribution in [0.25, 0.3) is 0 Å². The van der Waals surface area contributed by atoms with Crippen molar-refractivity contribution in [1.82, 2.24) is 5.32 Å². The highest BCUT2D eigenvalue weighted by Crippen LogP contribution is 2.16. The molecule has 0 unspecified atom stereocenters. The van der Waals surface area contributed by atoms with Crippen molar-refractivity contribution in [3.05, 3.63) is 35.9 Å². The SMILES string of the molecule is Cl.NC1CCC(NC(=O)COCCc2ccccc2)CC1. The minimum Gasteiger partial charge on any atom is -0.371 e. The Morgan fingerprint density at radius 1 is 1.19 bits per heavy atom. The van der Waals surface area contributed by atoms with Gasteiger partial charge in [0.25, 0.3) is 0 Å². The lowest BCUT2D eigenvalue weighted by Gasteiger charge is -2.26. The number of carbonyl (C=O) groups excluding carboxylic acids is 1. The van der Waals surface area contributed by atoms with Gasteiger partial charge in [-0.25, -0.2) is 0 Å². The molecule has 0 aromatic heterocycles. The average Bonchev–Trinajstić information content (AvgIpc) is 2.47. The Morgan fingerprint density at radius 2 is 1.86 bits per heavy atom. The highest BCUT2D eigenvalue weighted by molar-refractivity contribution is 5.85. The molecule has 2 rings (SSSR count). The van der Waals surface area contributed by atoms with E-state index in [9.17, 15) is 4.79 Å². The highest BCUT2D eigenvalue weighted by atomic mass is 35.5. The number of rotatable bonds is 6. The average molecular weight is 313 g/mol. The first-order valence-corrected chi connectivity index (χ1v) is 7.40. The Bertz CT molecular complexity index is 406. The van der Waals surface area contributed by atoms with Crippen LogP contribution in [0.15, 0.2) is 30.3 Å². The molecule has 1 saturated carbocycles. The molecule has 0 atom stereocenters. The molecular weight excluding hydrogens is 288 g/mol. The zero-order chi connectivity index (χ0) is 14.2. The lowest BCUT2D eigenvalue weighted by Crippen LogP contribution is -2.41. The van der Waals surface area contributed by atoms with E-state index < -0.39 is 0 Å². The van der Waals surface area contributed by atoms with Gasteiger partial charge in [0.1, 0.15) is 6.61 Å². The zero-order valence-corrected chi connectivity index (χ0v) is 13.1. The third kappa shape index (κ3) is 6.93. The summed E-state index contributed by atoms with van der Waals surface area (Å²) in [6.45, 7) is 0.725. The Kier molecular flexibility index (Phi) is 8.35. The number of benzene rings is 1. The predicted molar refractivity (Wildman–Crippen MR) is 86.6 cm³/mol. The van der Waals surface area contributed by atoms with Crippen LogP contribution in [0.2, 0.25) is 0 Å². The normalized spacial score (nSPS) is 21.4. The van der Waals surface area contributed by atoms with E-state index in [1.807, 2.05) is 18.2 Å². The molecule has 1 aliphatic carbocycles. The lowest BCUT2D eigenvalue weighted by atomic mass is 9.92. The van der Waals surface area contributed by atoms with Crippen LogP contribution >= 0.6 is 12.4 Å². The van der Waals surface area contributed by atoms with E-state index >= 15 is 0 Å². The third-order valence-corrected chi connectivity index (χ3v) is 3.75. The molecule has 0 bridgehead atoms. The van der Waals surface area contributed by atoms with E-state index in [-0.39, 0.29) is 31.0 Å². The Morgan fingerprint density at radius 3 is 2.52 bits per heavy atom. The fourth-order valence-corrected chi connectivity index (χ4v) is 2.53. The Hall–Kier alpha value is -1.10. The van der Waals surface area contributed by atoms with E-state index in [0.717, 1.165) is 32.1 Å². The van der Waals surface area contributed by atoms with Crippen LogP contribution in [0, 0.1) is 0 Å². The molecule has 0 saturated heterocycles. The van der Waals surface area contributed by atoms with Crippen LogP contribution in [0.4, 0.5) is 0 Å². The summed E-state index contributed by atoms with van der Waals surface area (Å²) in [6, 6.07) is 10.7. The van der Waals surface area contributed by atoms with Crippen molar-refractivity contribution in [1.29, 1.82) is 0 Å². The minimum absolute atomic E-state index is 0. The van der Waals surface area contributed by atoms with Crippen LogP contribution in [-0.2, 0) is 16.0 Å². The van der Waals surface area contributed by atoms with Crippen LogP contribution < -0.4 is 11.1 Å². The van der Waals surface area contributed by atoms with Gasteiger partial charge in [-0.3, -0.25) is 4.79 Å². The van der Waals surface area contributed by atoms with Gasteiger partial charge in [-0.2, -0.15) is 0 Å².